The van der Waals surface area contributed by atoms with Crippen molar-refractivity contribution < 1.29 is 14.0 Å². The van der Waals surface area contributed by atoms with Gasteiger partial charge < -0.3 is 19.0 Å². The van der Waals surface area contributed by atoms with E-state index in [1.165, 1.54) is 0 Å². The number of aryl methyl sites for hydroxylation is 2. The summed E-state index contributed by atoms with van der Waals surface area (Å²) in [5.74, 6) is 1.31. The van der Waals surface area contributed by atoms with E-state index in [4.69, 9.17) is 9.16 Å². The predicted molar refractivity (Wildman–Crippen MR) is 161 cm³/mol. The predicted octanol–water partition coefficient (Wildman–Crippen LogP) is 7.98. The Kier molecular flexibility index (Phi) is 6.86. The van der Waals surface area contributed by atoms with Crippen LogP contribution in [0.15, 0.2) is 39.5 Å². The normalized spacial score (nSPS) is 18.3. The van der Waals surface area contributed by atoms with Crippen LogP contribution in [-0.4, -0.2) is 52.4 Å². The zero-order valence-electron chi connectivity index (χ0n) is 23.1. The molecule has 38 heavy (non-hydrogen) atoms. The molecule has 0 aliphatic carbocycles. The van der Waals surface area contributed by atoms with Crippen LogP contribution in [0.5, 0.6) is 11.5 Å². The fourth-order valence-corrected chi connectivity index (χ4v) is 7.30. The van der Waals surface area contributed by atoms with E-state index in [9.17, 15) is 4.79 Å². The third-order valence-corrected chi connectivity index (χ3v) is 14.5. The molecule has 0 radical (unpaired) electrons. The van der Waals surface area contributed by atoms with Crippen LogP contribution in [-0.2, 0) is 4.43 Å². The number of H-pyrrole nitrogens is 1. The smallest absolute Gasteiger partial charge is 0.257 e. The van der Waals surface area contributed by atoms with Crippen LogP contribution in [0.2, 0.25) is 18.1 Å². The van der Waals surface area contributed by atoms with E-state index in [1.54, 1.807) is 10.7 Å². The average molecular weight is 662 g/mol. The van der Waals surface area contributed by atoms with Gasteiger partial charge in [-0.3, -0.25) is 4.79 Å². The molecule has 1 saturated heterocycles. The summed E-state index contributed by atoms with van der Waals surface area (Å²) in [5.41, 5.74) is 4.29. The fraction of sp³-hybridized carbons (Fsp3) is 0.429. The minimum atomic E-state index is -1.92. The Morgan fingerprint density at radius 2 is 1.89 bits per heavy atom. The van der Waals surface area contributed by atoms with Gasteiger partial charge in [0.2, 0.25) is 0 Å². The van der Waals surface area contributed by atoms with Crippen LogP contribution in [0.3, 0.4) is 0 Å². The summed E-state index contributed by atoms with van der Waals surface area (Å²) in [6.45, 7) is 17.9. The molecule has 1 aromatic carbocycles. The Balaban J connectivity index is 1.43. The molecule has 2 atom stereocenters. The second-order valence-electron chi connectivity index (χ2n) is 11.7. The monoisotopic (exact) mass is 660 g/mol. The van der Waals surface area contributed by atoms with E-state index in [-0.39, 0.29) is 23.1 Å². The van der Waals surface area contributed by atoms with Gasteiger partial charge in [-0.1, -0.05) is 20.8 Å². The van der Waals surface area contributed by atoms with E-state index in [2.05, 4.69) is 82.7 Å². The number of halogens is 2. The summed E-state index contributed by atoms with van der Waals surface area (Å²) in [6, 6.07) is 7.78. The van der Waals surface area contributed by atoms with Crippen molar-refractivity contribution >= 4 is 62.5 Å². The van der Waals surface area contributed by atoms with Gasteiger partial charge in [-0.25, -0.2) is 4.52 Å². The van der Waals surface area contributed by atoms with Gasteiger partial charge in [-0.2, -0.15) is 5.10 Å². The largest absolute Gasteiger partial charge is 0.455 e. The number of benzene rings is 1. The molecule has 1 aliphatic rings. The Hall–Kier alpha value is -2.14. The summed E-state index contributed by atoms with van der Waals surface area (Å²) in [5, 5.41) is 5.69. The average Bonchev–Trinajstić information content (AvgIpc) is 3.27. The number of hydrogen-bond donors (Lipinski definition) is 1. The van der Waals surface area contributed by atoms with Gasteiger partial charge in [-0.05, 0) is 94.5 Å². The second kappa shape index (κ2) is 9.50. The Morgan fingerprint density at radius 3 is 2.55 bits per heavy atom. The summed E-state index contributed by atoms with van der Waals surface area (Å²) >= 11 is 7.32. The molecule has 1 aliphatic heterocycles. The number of aromatic amines is 1. The fourth-order valence-electron chi connectivity index (χ4n) is 4.75. The first-order valence-corrected chi connectivity index (χ1v) is 17.3. The van der Waals surface area contributed by atoms with Gasteiger partial charge >= 0.3 is 0 Å². The lowest BCUT2D eigenvalue weighted by molar-refractivity contribution is -0.0285. The second-order valence-corrected chi connectivity index (χ2v) is 18.0. The molecule has 1 fully saturated rings. The molecule has 0 spiro atoms. The van der Waals surface area contributed by atoms with Gasteiger partial charge in [0.05, 0.1) is 23.9 Å². The maximum absolute atomic E-state index is 13.8. The minimum absolute atomic E-state index is 0.00426. The zero-order valence-corrected chi connectivity index (χ0v) is 27.2. The SMILES string of the molecule is Cc1[nH]c2ccc(Oc3ccnn4c(Br)c(C(=O)N5C[C@@H](O[Si](C)(C)C(C)(C)C)[C@H]5C)c(C)c34)cc2c1Br. The van der Waals surface area contributed by atoms with Crippen LogP contribution in [0.1, 0.15) is 49.3 Å². The number of nitrogens with zero attached hydrogens (tertiary/aromatic N) is 3. The zero-order chi connectivity index (χ0) is 27.7. The van der Waals surface area contributed by atoms with Crippen LogP contribution in [0.25, 0.3) is 16.4 Å². The molecule has 4 heterocycles. The quantitative estimate of drug-likeness (QED) is 0.220. The van der Waals surface area contributed by atoms with Crippen molar-refractivity contribution in [1.29, 1.82) is 0 Å². The molecule has 5 rings (SSSR count). The minimum Gasteiger partial charge on any atom is -0.455 e. The highest BCUT2D eigenvalue weighted by Gasteiger charge is 2.47. The first-order valence-electron chi connectivity index (χ1n) is 12.8. The molecule has 10 heteroatoms. The number of ether oxygens (including phenoxy) is 1. The summed E-state index contributed by atoms with van der Waals surface area (Å²) < 4.78 is 16.3. The number of hydrogen-bond acceptors (Lipinski definition) is 4. The topological polar surface area (TPSA) is 71.9 Å². The third kappa shape index (κ3) is 4.43. The van der Waals surface area contributed by atoms with Crippen LogP contribution < -0.4 is 4.74 Å². The molecule has 3 aromatic heterocycles. The molecular formula is C28H34Br2N4O3Si. The molecule has 1 N–H and O–H groups in total. The molecule has 0 unspecified atom stereocenters. The van der Waals surface area contributed by atoms with E-state index < -0.39 is 8.32 Å². The number of carbonyl (C=O) groups excluding carboxylic acids is 1. The number of rotatable bonds is 5. The summed E-state index contributed by atoms with van der Waals surface area (Å²) in [7, 11) is -1.92. The van der Waals surface area contributed by atoms with Gasteiger partial charge in [0, 0.05) is 33.7 Å². The van der Waals surface area contributed by atoms with Crippen LogP contribution in [0, 0.1) is 13.8 Å². The number of carbonyl (C=O) groups is 1. The lowest BCUT2D eigenvalue weighted by atomic mass is 9.99. The Bertz CT molecular complexity index is 1570. The van der Waals surface area contributed by atoms with Crippen molar-refractivity contribution in [2.45, 2.75) is 71.8 Å². The van der Waals surface area contributed by atoms with Crippen molar-refractivity contribution in [2.24, 2.45) is 0 Å². The lowest BCUT2D eigenvalue weighted by Gasteiger charge is -2.51. The molecule has 4 aromatic rings. The number of likely N-dealkylation sites (tertiary alicyclic amines) is 1. The highest BCUT2D eigenvalue weighted by atomic mass is 79.9. The van der Waals surface area contributed by atoms with E-state index in [1.807, 2.05) is 43.0 Å². The van der Waals surface area contributed by atoms with Crippen molar-refractivity contribution in [1.82, 2.24) is 19.5 Å². The maximum Gasteiger partial charge on any atom is 0.257 e. The first-order chi connectivity index (χ1) is 17.7. The number of fused-ring (bicyclic) bond motifs is 2. The standard InChI is InChI=1S/C28H34Br2N4O3Si/c1-15-23(27(35)33-14-22(17(33)3)37-38(7,8)28(4,5)6)26(30)34-25(15)21(11-12-31-34)36-18-9-10-20-19(13-18)24(29)16(2)32-20/h9-13,17,22,32H,14H2,1-8H3/t17-,22-/m1/s1. The van der Waals surface area contributed by atoms with Crippen LogP contribution in [0.4, 0.5) is 0 Å². The highest BCUT2D eigenvalue weighted by Crippen LogP contribution is 2.41. The molecule has 0 bridgehead atoms. The molecule has 202 valence electrons. The van der Waals surface area contributed by atoms with Crippen molar-refractivity contribution in [3.05, 3.63) is 56.4 Å². The van der Waals surface area contributed by atoms with Gasteiger partial charge in [0.15, 0.2) is 14.1 Å². The van der Waals surface area contributed by atoms with E-state index in [0.717, 1.165) is 32.1 Å². The van der Waals surface area contributed by atoms with Gasteiger partial charge in [-0.15, -0.1) is 0 Å². The number of aromatic nitrogens is 3. The Labute approximate surface area is 241 Å². The first kappa shape index (κ1) is 27.4. The van der Waals surface area contributed by atoms with Crippen LogP contribution >= 0.6 is 31.9 Å². The van der Waals surface area contributed by atoms with Gasteiger partial charge in [0.25, 0.3) is 5.91 Å². The van der Waals surface area contributed by atoms with E-state index >= 15 is 0 Å². The summed E-state index contributed by atoms with van der Waals surface area (Å²) in [4.78, 5) is 19.0. The third-order valence-electron chi connectivity index (χ3n) is 8.22. The molecule has 7 nitrogen and oxygen atoms in total. The van der Waals surface area contributed by atoms with E-state index in [0.29, 0.717) is 28.2 Å². The number of nitrogens with one attached hydrogen (secondary N) is 1. The summed E-state index contributed by atoms with van der Waals surface area (Å²) in [6.07, 6.45) is 1.74. The highest BCUT2D eigenvalue weighted by molar-refractivity contribution is 9.11. The lowest BCUT2D eigenvalue weighted by Crippen LogP contribution is -2.64. The molecule has 1 amide bonds. The molecular weight excluding hydrogens is 628 g/mol. The van der Waals surface area contributed by atoms with Crippen molar-refractivity contribution in [3.8, 4) is 11.5 Å². The number of amides is 1. The van der Waals surface area contributed by atoms with Crippen molar-refractivity contribution in [2.75, 3.05) is 6.54 Å². The molecule has 0 saturated carbocycles. The van der Waals surface area contributed by atoms with Crippen molar-refractivity contribution in [3.63, 3.8) is 0 Å². The maximum atomic E-state index is 13.8. The van der Waals surface area contributed by atoms with Gasteiger partial charge in [0.1, 0.15) is 15.9 Å². The Morgan fingerprint density at radius 1 is 1.18 bits per heavy atom.